The Morgan fingerprint density at radius 2 is 1.82 bits per heavy atom. The minimum absolute atomic E-state index is 0.135. The topological polar surface area (TPSA) is 87.6 Å². The number of anilines is 1. The Balaban J connectivity index is 1.35. The van der Waals surface area contributed by atoms with Gasteiger partial charge >= 0.3 is 0 Å². The van der Waals surface area contributed by atoms with Crippen molar-refractivity contribution in [3.63, 3.8) is 0 Å². The number of thiocarbonyl (C=S) groups is 1. The number of hydrogen-bond donors (Lipinski definition) is 3. The highest BCUT2D eigenvalue weighted by Crippen LogP contribution is 2.31. The zero-order chi connectivity index (χ0) is 24.1. The van der Waals surface area contributed by atoms with Crippen LogP contribution in [0.2, 0.25) is 10.0 Å². The standard InChI is InChI=1S/C25H18Cl2N2O4S/c26-16-4-8-20(21(27)13-16)23-10-5-18(32-23)7-11-24(31)29-25(34)28-17-3-1-2-15(12-17)22-9-6-19(14-30)33-22/h1-13,30H,14H2,(H2,28,29,31,34). The summed E-state index contributed by atoms with van der Waals surface area (Å²) in [6, 6.07) is 19.4. The van der Waals surface area contributed by atoms with Crippen LogP contribution in [-0.2, 0) is 11.4 Å². The third-order valence-electron chi connectivity index (χ3n) is 4.68. The minimum atomic E-state index is -0.422. The molecule has 0 spiro atoms. The van der Waals surface area contributed by atoms with Gasteiger partial charge in [0, 0.05) is 27.9 Å². The lowest BCUT2D eigenvalue weighted by Gasteiger charge is -2.09. The highest BCUT2D eigenvalue weighted by molar-refractivity contribution is 7.80. The molecule has 0 saturated heterocycles. The molecule has 0 fully saturated rings. The van der Waals surface area contributed by atoms with Crippen LogP contribution in [0, 0.1) is 0 Å². The lowest BCUT2D eigenvalue weighted by atomic mass is 10.1. The summed E-state index contributed by atoms with van der Waals surface area (Å²) in [4.78, 5) is 12.3. The lowest BCUT2D eigenvalue weighted by molar-refractivity contribution is -0.115. The highest BCUT2D eigenvalue weighted by atomic mass is 35.5. The van der Waals surface area contributed by atoms with Crippen LogP contribution in [-0.4, -0.2) is 16.1 Å². The summed E-state index contributed by atoms with van der Waals surface area (Å²) in [5, 5.41) is 15.8. The molecule has 0 saturated carbocycles. The van der Waals surface area contributed by atoms with Crippen molar-refractivity contribution in [2.24, 2.45) is 0 Å². The summed E-state index contributed by atoms with van der Waals surface area (Å²) in [5.74, 6) is 1.70. The molecular formula is C25H18Cl2N2O4S. The molecule has 34 heavy (non-hydrogen) atoms. The molecule has 6 nitrogen and oxygen atoms in total. The van der Waals surface area contributed by atoms with Crippen molar-refractivity contribution in [1.29, 1.82) is 0 Å². The number of rotatable bonds is 6. The third kappa shape index (κ3) is 5.95. The first kappa shape index (κ1) is 23.8. The molecule has 0 aliphatic rings. The number of carbonyl (C=O) groups is 1. The van der Waals surface area contributed by atoms with E-state index in [-0.39, 0.29) is 11.7 Å². The number of hydrogen-bond acceptors (Lipinski definition) is 5. The predicted octanol–water partition coefficient (Wildman–Crippen LogP) is 6.53. The first-order valence-corrected chi connectivity index (χ1v) is 11.2. The summed E-state index contributed by atoms with van der Waals surface area (Å²) in [6.45, 7) is -0.171. The molecule has 2 heterocycles. The molecule has 1 amide bonds. The molecule has 0 unspecified atom stereocenters. The predicted molar refractivity (Wildman–Crippen MR) is 138 cm³/mol. The van der Waals surface area contributed by atoms with Gasteiger partial charge in [-0.25, -0.2) is 0 Å². The molecule has 0 radical (unpaired) electrons. The van der Waals surface area contributed by atoms with Gasteiger partial charge in [-0.05, 0) is 72.9 Å². The van der Waals surface area contributed by atoms with Gasteiger partial charge in [-0.2, -0.15) is 0 Å². The fourth-order valence-electron chi connectivity index (χ4n) is 3.12. The quantitative estimate of drug-likeness (QED) is 0.201. The van der Waals surface area contributed by atoms with E-state index in [0.717, 1.165) is 5.56 Å². The number of amides is 1. The van der Waals surface area contributed by atoms with Crippen LogP contribution in [0.5, 0.6) is 0 Å². The van der Waals surface area contributed by atoms with Crippen LogP contribution in [0.3, 0.4) is 0 Å². The largest absolute Gasteiger partial charge is 0.459 e. The molecule has 3 N–H and O–H groups in total. The van der Waals surface area contributed by atoms with Gasteiger partial charge in [0.05, 0.1) is 5.02 Å². The van der Waals surface area contributed by atoms with E-state index in [4.69, 9.17) is 49.4 Å². The Morgan fingerprint density at radius 1 is 1.00 bits per heavy atom. The van der Waals surface area contributed by atoms with Crippen LogP contribution in [0.1, 0.15) is 11.5 Å². The Kier molecular flexibility index (Phi) is 7.49. The second kappa shape index (κ2) is 10.7. The van der Waals surface area contributed by atoms with E-state index in [0.29, 0.717) is 44.3 Å². The molecule has 9 heteroatoms. The van der Waals surface area contributed by atoms with Gasteiger partial charge in [0.2, 0.25) is 5.91 Å². The molecule has 0 aliphatic heterocycles. The van der Waals surface area contributed by atoms with Crippen molar-refractivity contribution in [2.45, 2.75) is 6.61 Å². The first-order chi connectivity index (χ1) is 16.4. The number of benzene rings is 2. The molecular weight excluding hydrogens is 495 g/mol. The molecule has 0 aliphatic carbocycles. The summed E-state index contributed by atoms with van der Waals surface area (Å²) < 4.78 is 11.3. The zero-order valence-electron chi connectivity index (χ0n) is 17.5. The van der Waals surface area contributed by atoms with Crippen LogP contribution in [0.15, 0.2) is 81.6 Å². The van der Waals surface area contributed by atoms with Gasteiger partial charge in [0.25, 0.3) is 0 Å². The van der Waals surface area contributed by atoms with Crippen LogP contribution in [0.25, 0.3) is 28.7 Å². The van der Waals surface area contributed by atoms with E-state index < -0.39 is 5.91 Å². The van der Waals surface area contributed by atoms with Crippen LogP contribution in [0.4, 0.5) is 5.69 Å². The maximum absolute atomic E-state index is 12.3. The lowest BCUT2D eigenvalue weighted by Crippen LogP contribution is -2.32. The van der Waals surface area contributed by atoms with Crippen molar-refractivity contribution in [3.8, 4) is 22.6 Å². The summed E-state index contributed by atoms with van der Waals surface area (Å²) in [6.07, 6.45) is 2.84. The van der Waals surface area contributed by atoms with Crippen LogP contribution >= 0.6 is 35.4 Å². The highest BCUT2D eigenvalue weighted by Gasteiger charge is 2.09. The average molecular weight is 513 g/mol. The van der Waals surface area contributed by atoms with Crippen molar-refractivity contribution in [2.75, 3.05) is 5.32 Å². The van der Waals surface area contributed by atoms with Crippen LogP contribution < -0.4 is 10.6 Å². The second-order valence-electron chi connectivity index (χ2n) is 7.11. The van der Waals surface area contributed by atoms with Gasteiger partial charge in [-0.1, -0.05) is 35.3 Å². The normalized spacial score (nSPS) is 11.0. The van der Waals surface area contributed by atoms with E-state index in [9.17, 15) is 4.79 Å². The fourth-order valence-corrected chi connectivity index (χ4v) is 3.84. The van der Waals surface area contributed by atoms with E-state index in [1.54, 1.807) is 48.5 Å². The SMILES string of the molecule is O=C(C=Cc1ccc(-c2ccc(Cl)cc2Cl)o1)NC(=S)Nc1cccc(-c2ccc(CO)o2)c1. The van der Waals surface area contributed by atoms with Gasteiger partial charge in [-0.15, -0.1) is 0 Å². The molecule has 0 atom stereocenters. The molecule has 4 aromatic rings. The molecule has 2 aromatic carbocycles. The summed E-state index contributed by atoms with van der Waals surface area (Å²) >= 11 is 17.4. The Hall–Kier alpha value is -3.36. The zero-order valence-corrected chi connectivity index (χ0v) is 19.9. The number of aliphatic hydroxyl groups excluding tert-OH is 1. The van der Waals surface area contributed by atoms with Crippen molar-refractivity contribution >= 4 is 58.2 Å². The smallest absolute Gasteiger partial charge is 0.250 e. The van der Waals surface area contributed by atoms with Gasteiger partial charge in [0.1, 0.15) is 29.6 Å². The summed E-state index contributed by atoms with van der Waals surface area (Å²) in [5.41, 5.74) is 2.17. The number of carbonyl (C=O) groups excluding carboxylic acids is 1. The maximum atomic E-state index is 12.3. The Labute approximate surface area is 210 Å². The maximum Gasteiger partial charge on any atom is 0.250 e. The molecule has 0 bridgehead atoms. The second-order valence-corrected chi connectivity index (χ2v) is 8.36. The average Bonchev–Trinajstić information content (AvgIpc) is 3.48. The number of nitrogens with one attached hydrogen (secondary N) is 2. The molecule has 4 rings (SSSR count). The number of aliphatic hydroxyl groups is 1. The van der Waals surface area contributed by atoms with Crippen molar-refractivity contribution in [3.05, 3.63) is 94.4 Å². The van der Waals surface area contributed by atoms with Gasteiger partial charge in [-0.3, -0.25) is 10.1 Å². The Bertz CT molecular complexity index is 1380. The van der Waals surface area contributed by atoms with Crippen molar-refractivity contribution in [1.82, 2.24) is 5.32 Å². The van der Waals surface area contributed by atoms with Gasteiger partial charge < -0.3 is 19.3 Å². The third-order valence-corrected chi connectivity index (χ3v) is 5.43. The monoisotopic (exact) mass is 512 g/mol. The Morgan fingerprint density at radius 3 is 2.59 bits per heavy atom. The van der Waals surface area contributed by atoms with Gasteiger partial charge in [0.15, 0.2) is 5.11 Å². The number of halogens is 2. The molecule has 2 aromatic heterocycles. The van der Waals surface area contributed by atoms with E-state index in [1.807, 2.05) is 18.2 Å². The van der Waals surface area contributed by atoms with E-state index in [1.165, 1.54) is 12.2 Å². The number of furan rings is 2. The van der Waals surface area contributed by atoms with E-state index >= 15 is 0 Å². The summed E-state index contributed by atoms with van der Waals surface area (Å²) in [7, 11) is 0. The first-order valence-electron chi connectivity index (χ1n) is 10.1. The van der Waals surface area contributed by atoms with E-state index in [2.05, 4.69) is 10.6 Å². The minimum Gasteiger partial charge on any atom is -0.459 e. The fraction of sp³-hybridized carbons (Fsp3) is 0.0400. The molecule has 172 valence electrons. The van der Waals surface area contributed by atoms with Crippen molar-refractivity contribution < 1.29 is 18.7 Å².